The standard InChI is InChI=1S/C31H24O10/c1-39-19-8-4-15(5-9-19)31-27(29(38)25-21(36)11-18(34)13-23(25)41-31)26-28(37)24-20(35)10-17(33)12-22(24)40-30(26)14-2-6-16(32)7-3-14/h2-13,26-27,30-36H,1H3/t26-,27+,30-,31+/m1/s1. The Bertz CT molecular complexity index is 1680. The van der Waals surface area contributed by atoms with Gasteiger partial charge in [0.1, 0.15) is 69.3 Å². The largest absolute Gasteiger partial charge is 0.508 e. The van der Waals surface area contributed by atoms with E-state index in [-0.39, 0.29) is 39.9 Å². The van der Waals surface area contributed by atoms with Gasteiger partial charge in [-0.3, -0.25) is 9.59 Å². The predicted octanol–water partition coefficient (Wildman–Crippen LogP) is 4.79. The van der Waals surface area contributed by atoms with Crippen molar-refractivity contribution in [1.82, 2.24) is 0 Å². The fraction of sp³-hybridized carbons (Fsp3) is 0.161. The first-order valence-electron chi connectivity index (χ1n) is 12.6. The fourth-order valence-electron chi connectivity index (χ4n) is 5.59. The lowest BCUT2D eigenvalue weighted by Crippen LogP contribution is -2.45. The Labute approximate surface area is 233 Å². The molecule has 0 bridgehead atoms. The first kappa shape index (κ1) is 25.9. The van der Waals surface area contributed by atoms with Crippen LogP contribution in [0.2, 0.25) is 0 Å². The summed E-state index contributed by atoms with van der Waals surface area (Å²) in [5.74, 6) is -5.23. The summed E-state index contributed by atoms with van der Waals surface area (Å²) in [6, 6.07) is 17.0. The Kier molecular flexibility index (Phi) is 6.10. The molecule has 4 aromatic carbocycles. The topological polar surface area (TPSA) is 163 Å². The van der Waals surface area contributed by atoms with E-state index in [1.165, 1.54) is 43.5 Å². The van der Waals surface area contributed by atoms with E-state index in [2.05, 4.69) is 0 Å². The van der Waals surface area contributed by atoms with Crippen LogP contribution in [0.3, 0.4) is 0 Å². The van der Waals surface area contributed by atoms with E-state index in [4.69, 9.17) is 14.2 Å². The molecule has 0 radical (unpaired) electrons. The number of benzene rings is 4. The number of ether oxygens (including phenoxy) is 3. The molecule has 208 valence electrons. The van der Waals surface area contributed by atoms with E-state index in [1.54, 1.807) is 24.3 Å². The van der Waals surface area contributed by atoms with Gasteiger partial charge in [0.15, 0.2) is 11.6 Å². The fourth-order valence-corrected chi connectivity index (χ4v) is 5.59. The SMILES string of the molecule is COc1ccc([C@@H]2Oc3cc(O)cc(O)c3C(=O)[C@@H]2[C@@H]2C(=O)c3c(O)cc(O)cc3O[C@@H]2c2ccc(O)cc2)cc1. The van der Waals surface area contributed by atoms with Crippen molar-refractivity contribution < 1.29 is 49.3 Å². The summed E-state index contributed by atoms with van der Waals surface area (Å²) in [7, 11) is 1.50. The van der Waals surface area contributed by atoms with Gasteiger partial charge in [0.25, 0.3) is 0 Å². The van der Waals surface area contributed by atoms with Gasteiger partial charge in [0.2, 0.25) is 0 Å². The molecule has 0 fully saturated rings. The number of Topliss-reactive ketones (excluding diaryl/α,β-unsaturated/α-hetero) is 2. The van der Waals surface area contributed by atoms with E-state index < -0.39 is 47.1 Å². The van der Waals surface area contributed by atoms with Crippen LogP contribution in [-0.4, -0.2) is 44.2 Å². The third-order valence-electron chi connectivity index (χ3n) is 7.44. The van der Waals surface area contributed by atoms with Crippen LogP contribution in [-0.2, 0) is 0 Å². The highest BCUT2D eigenvalue weighted by atomic mass is 16.5. The van der Waals surface area contributed by atoms with Gasteiger partial charge in [-0.15, -0.1) is 0 Å². The predicted molar refractivity (Wildman–Crippen MR) is 143 cm³/mol. The molecule has 2 aliphatic heterocycles. The lowest BCUT2D eigenvalue weighted by Gasteiger charge is -2.42. The van der Waals surface area contributed by atoms with Crippen LogP contribution in [0.15, 0.2) is 72.8 Å². The number of phenols is 5. The molecule has 41 heavy (non-hydrogen) atoms. The first-order chi connectivity index (χ1) is 19.7. The van der Waals surface area contributed by atoms with Crippen molar-refractivity contribution in [2.75, 3.05) is 7.11 Å². The summed E-state index contributed by atoms with van der Waals surface area (Å²) in [6.07, 6.45) is -2.23. The number of hydrogen-bond donors (Lipinski definition) is 5. The third-order valence-corrected chi connectivity index (χ3v) is 7.44. The summed E-state index contributed by atoms with van der Waals surface area (Å²) in [5, 5.41) is 51.4. The summed E-state index contributed by atoms with van der Waals surface area (Å²) < 4.78 is 17.7. The van der Waals surface area contributed by atoms with Gasteiger partial charge >= 0.3 is 0 Å². The molecule has 2 aliphatic rings. The Morgan fingerprint density at radius 2 is 1.00 bits per heavy atom. The number of phenolic OH excluding ortho intramolecular Hbond substituents is 5. The van der Waals surface area contributed by atoms with Crippen LogP contribution in [0.5, 0.6) is 46.0 Å². The van der Waals surface area contributed by atoms with Crippen molar-refractivity contribution >= 4 is 11.6 Å². The molecule has 0 amide bonds. The van der Waals surface area contributed by atoms with Crippen LogP contribution < -0.4 is 14.2 Å². The highest BCUT2D eigenvalue weighted by Gasteiger charge is 2.53. The molecular formula is C31H24O10. The van der Waals surface area contributed by atoms with E-state index in [1.807, 2.05) is 0 Å². The highest BCUT2D eigenvalue weighted by Crippen LogP contribution is 2.53. The van der Waals surface area contributed by atoms with Crippen molar-refractivity contribution in [1.29, 1.82) is 0 Å². The van der Waals surface area contributed by atoms with Crippen molar-refractivity contribution in [2.45, 2.75) is 12.2 Å². The van der Waals surface area contributed by atoms with Crippen molar-refractivity contribution in [3.05, 3.63) is 95.1 Å². The van der Waals surface area contributed by atoms with E-state index in [0.717, 1.165) is 12.1 Å². The molecule has 0 aromatic heterocycles. The van der Waals surface area contributed by atoms with Crippen LogP contribution in [0.25, 0.3) is 0 Å². The number of aromatic hydroxyl groups is 5. The summed E-state index contributed by atoms with van der Waals surface area (Å²) >= 11 is 0. The maximum atomic E-state index is 14.3. The normalized spacial score (nSPS) is 21.3. The molecule has 0 unspecified atom stereocenters. The van der Waals surface area contributed by atoms with Crippen LogP contribution in [0.4, 0.5) is 0 Å². The third kappa shape index (κ3) is 4.29. The van der Waals surface area contributed by atoms with Crippen LogP contribution in [0.1, 0.15) is 44.1 Å². The Morgan fingerprint density at radius 1 is 0.585 bits per heavy atom. The minimum Gasteiger partial charge on any atom is -0.508 e. The maximum absolute atomic E-state index is 14.3. The lowest BCUT2D eigenvalue weighted by molar-refractivity contribution is 0.0129. The van der Waals surface area contributed by atoms with Crippen molar-refractivity contribution in [2.24, 2.45) is 11.8 Å². The molecular weight excluding hydrogens is 532 g/mol. The molecule has 4 aromatic rings. The number of fused-ring (bicyclic) bond motifs is 2. The average Bonchev–Trinajstić information content (AvgIpc) is 2.93. The molecule has 0 saturated carbocycles. The second-order valence-corrected chi connectivity index (χ2v) is 9.90. The second kappa shape index (κ2) is 9.67. The summed E-state index contributed by atoms with van der Waals surface area (Å²) in [6.45, 7) is 0. The quantitative estimate of drug-likeness (QED) is 0.236. The van der Waals surface area contributed by atoms with Gasteiger partial charge in [0, 0.05) is 24.3 Å². The molecule has 10 heteroatoms. The number of carbonyl (C=O) groups is 2. The zero-order chi connectivity index (χ0) is 29.0. The lowest BCUT2D eigenvalue weighted by atomic mass is 9.69. The summed E-state index contributed by atoms with van der Waals surface area (Å²) in [5.41, 5.74) is 0.493. The molecule has 2 heterocycles. The Balaban J connectivity index is 1.58. The minimum atomic E-state index is -1.30. The smallest absolute Gasteiger partial charge is 0.178 e. The molecule has 6 rings (SSSR count). The number of ketones is 2. The van der Waals surface area contributed by atoms with E-state index >= 15 is 0 Å². The monoisotopic (exact) mass is 556 g/mol. The van der Waals surface area contributed by atoms with Gasteiger partial charge < -0.3 is 39.7 Å². The van der Waals surface area contributed by atoms with Crippen LogP contribution >= 0.6 is 0 Å². The maximum Gasteiger partial charge on any atom is 0.178 e. The first-order valence-corrected chi connectivity index (χ1v) is 12.6. The van der Waals surface area contributed by atoms with Crippen molar-refractivity contribution in [3.63, 3.8) is 0 Å². The zero-order valence-electron chi connectivity index (χ0n) is 21.5. The van der Waals surface area contributed by atoms with Gasteiger partial charge in [-0.1, -0.05) is 24.3 Å². The molecule has 5 N–H and O–H groups in total. The minimum absolute atomic E-state index is 0.0324. The number of methoxy groups -OCH3 is 1. The molecule has 10 nitrogen and oxygen atoms in total. The van der Waals surface area contributed by atoms with Crippen LogP contribution in [0, 0.1) is 11.8 Å². The molecule has 0 spiro atoms. The van der Waals surface area contributed by atoms with Gasteiger partial charge in [-0.25, -0.2) is 0 Å². The average molecular weight is 557 g/mol. The highest BCUT2D eigenvalue weighted by molar-refractivity contribution is 6.11. The zero-order valence-corrected chi connectivity index (χ0v) is 21.5. The van der Waals surface area contributed by atoms with Crippen molar-refractivity contribution in [3.8, 4) is 46.0 Å². The molecule has 4 atom stereocenters. The van der Waals surface area contributed by atoms with E-state index in [0.29, 0.717) is 16.9 Å². The second-order valence-electron chi connectivity index (χ2n) is 9.90. The van der Waals surface area contributed by atoms with Gasteiger partial charge in [0.05, 0.1) is 18.9 Å². The number of hydrogen-bond acceptors (Lipinski definition) is 10. The van der Waals surface area contributed by atoms with Gasteiger partial charge in [-0.2, -0.15) is 0 Å². The molecule has 0 aliphatic carbocycles. The Hall–Kier alpha value is -5.38. The van der Waals surface area contributed by atoms with Gasteiger partial charge in [-0.05, 0) is 35.4 Å². The summed E-state index contributed by atoms with van der Waals surface area (Å²) in [4.78, 5) is 28.6. The number of rotatable bonds is 4. The number of carbonyl (C=O) groups excluding carboxylic acids is 2. The van der Waals surface area contributed by atoms with E-state index in [9.17, 15) is 35.1 Å². The molecule has 0 saturated heterocycles. The Morgan fingerprint density at radius 3 is 1.41 bits per heavy atom.